The van der Waals surface area contributed by atoms with Gasteiger partial charge in [0, 0.05) is 41.3 Å². The van der Waals surface area contributed by atoms with Gasteiger partial charge in [-0.15, -0.1) is 0 Å². The largest absolute Gasteiger partial charge is 0.334 e. The number of rotatable bonds is 3. The maximum atomic E-state index is 13.1. The monoisotopic (exact) mass is 463 g/mol. The number of fused-ring (bicyclic) bond motifs is 1. The molecule has 1 amide bonds. The number of aromatic nitrogens is 4. The zero-order chi connectivity index (χ0) is 20.7. The lowest BCUT2D eigenvalue weighted by Crippen LogP contribution is -2.36. The Kier molecular flexibility index (Phi) is 4.71. The molecule has 7 nitrogen and oxygen atoms in total. The highest BCUT2D eigenvalue weighted by atomic mass is 79.9. The lowest BCUT2D eigenvalue weighted by Gasteiger charge is -2.28. The number of hydrogen-bond donors (Lipinski definition) is 0. The number of carbonyl (C=O) groups is 1. The molecular weight excluding hydrogens is 446 g/mol. The van der Waals surface area contributed by atoms with Crippen LogP contribution in [0.25, 0.3) is 23.0 Å². The molecule has 5 rings (SSSR count). The molecule has 30 heavy (non-hydrogen) atoms. The topological polar surface area (TPSA) is 77.1 Å². The first-order valence-corrected chi connectivity index (χ1v) is 10.4. The van der Waals surface area contributed by atoms with Crippen LogP contribution in [0.15, 0.2) is 63.6 Å². The summed E-state index contributed by atoms with van der Waals surface area (Å²) in [6.07, 6.45) is 0.717. The summed E-state index contributed by atoms with van der Waals surface area (Å²) in [5, 5.41) is 8.74. The van der Waals surface area contributed by atoms with Crippen molar-refractivity contribution in [1.82, 2.24) is 24.8 Å². The molecule has 0 atom stereocenters. The third-order valence-electron chi connectivity index (χ3n) is 5.29. The van der Waals surface area contributed by atoms with Crippen LogP contribution in [0.4, 0.5) is 0 Å². The molecule has 0 spiro atoms. The van der Waals surface area contributed by atoms with E-state index >= 15 is 0 Å². The minimum absolute atomic E-state index is 0.0153. The third-order valence-corrected chi connectivity index (χ3v) is 5.99. The van der Waals surface area contributed by atoms with Crippen molar-refractivity contribution in [2.75, 3.05) is 6.54 Å². The van der Waals surface area contributed by atoms with Crippen LogP contribution in [-0.2, 0) is 20.0 Å². The smallest absolute Gasteiger partial charge is 0.279 e. The van der Waals surface area contributed by atoms with Gasteiger partial charge in [0.05, 0.1) is 12.1 Å². The van der Waals surface area contributed by atoms with Crippen molar-refractivity contribution >= 4 is 21.8 Å². The molecule has 0 unspecified atom stereocenters. The van der Waals surface area contributed by atoms with Gasteiger partial charge in [-0.25, -0.2) is 0 Å². The molecule has 0 saturated carbocycles. The van der Waals surface area contributed by atoms with Crippen LogP contribution >= 0.6 is 15.9 Å². The summed E-state index contributed by atoms with van der Waals surface area (Å²) in [6, 6.07) is 17.1. The molecule has 0 aliphatic carbocycles. The molecular formula is C22H18BrN5O2. The van der Waals surface area contributed by atoms with Crippen molar-refractivity contribution in [2.45, 2.75) is 13.0 Å². The van der Waals surface area contributed by atoms with E-state index in [1.165, 1.54) is 0 Å². The normalized spacial score (nSPS) is 13.3. The van der Waals surface area contributed by atoms with Crippen molar-refractivity contribution in [2.24, 2.45) is 7.05 Å². The first kappa shape index (κ1) is 18.7. The van der Waals surface area contributed by atoms with Crippen LogP contribution < -0.4 is 0 Å². The molecule has 0 bridgehead atoms. The fourth-order valence-electron chi connectivity index (χ4n) is 3.77. The Hall–Kier alpha value is -3.26. The summed E-state index contributed by atoms with van der Waals surface area (Å²) in [4.78, 5) is 19.5. The molecule has 1 aliphatic rings. The highest BCUT2D eigenvalue weighted by Gasteiger charge is 2.30. The number of amides is 1. The minimum atomic E-state index is -0.0153. The summed E-state index contributed by atoms with van der Waals surface area (Å²) in [7, 11) is 1.90. The molecule has 0 N–H and O–H groups in total. The lowest BCUT2D eigenvalue weighted by atomic mass is 10.0. The summed E-state index contributed by atoms with van der Waals surface area (Å²) in [5.41, 5.74) is 4.19. The van der Waals surface area contributed by atoms with Gasteiger partial charge in [0.15, 0.2) is 5.69 Å². The third kappa shape index (κ3) is 3.23. The van der Waals surface area contributed by atoms with E-state index in [0.717, 1.165) is 21.3 Å². The van der Waals surface area contributed by atoms with E-state index in [1.807, 2.05) is 71.2 Å². The first-order chi connectivity index (χ1) is 14.6. The number of halogens is 1. The maximum Gasteiger partial charge on any atom is 0.279 e. The molecule has 0 radical (unpaired) electrons. The summed E-state index contributed by atoms with van der Waals surface area (Å²) in [5.74, 6) is 0.862. The van der Waals surface area contributed by atoms with Crippen molar-refractivity contribution < 1.29 is 9.32 Å². The van der Waals surface area contributed by atoms with E-state index in [2.05, 4.69) is 31.2 Å². The van der Waals surface area contributed by atoms with E-state index in [9.17, 15) is 4.79 Å². The zero-order valence-corrected chi connectivity index (χ0v) is 17.8. The number of aryl methyl sites for hydroxylation is 1. The van der Waals surface area contributed by atoms with Gasteiger partial charge in [-0.1, -0.05) is 47.6 Å². The predicted octanol–water partition coefficient (Wildman–Crippen LogP) is 4.10. The number of nitrogens with zero attached hydrogens (tertiary/aromatic N) is 5. The first-order valence-electron chi connectivity index (χ1n) is 9.60. The average Bonchev–Trinajstić information content (AvgIpc) is 3.39. The maximum absolute atomic E-state index is 13.1. The van der Waals surface area contributed by atoms with Crippen molar-refractivity contribution in [3.05, 3.63) is 75.9 Å². The summed E-state index contributed by atoms with van der Waals surface area (Å²) >= 11 is 3.48. The molecule has 150 valence electrons. The van der Waals surface area contributed by atoms with Gasteiger partial charge in [0.25, 0.3) is 11.8 Å². The molecule has 0 fully saturated rings. The predicted molar refractivity (Wildman–Crippen MR) is 115 cm³/mol. The second-order valence-corrected chi connectivity index (χ2v) is 8.00. The number of benzene rings is 2. The molecule has 4 aromatic rings. The van der Waals surface area contributed by atoms with Gasteiger partial charge in [-0.05, 0) is 28.1 Å². The fraction of sp³-hybridized carbons (Fsp3) is 0.182. The molecule has 2 aromatic heterocycles. The molecule has 0 saturated heterocycles. The Morgan fingerprint density at radius 3 is 2.67 bits per heavy atom. The van der Waals surface area contributed by atoms with Crippen molar-refractivity contribution in [3.8, 4) is 23.0 Å². The summed E-state index contributed by atoms with van der Waals surface area (Å²) in [6.45, 7) is 1.08. The second kappa shape index (κ2) is 7.53. The number of hydrogen-bond acceptors (Lipinski definition) is 5. The van der Waals surface area contributed by atoms with Crippen LogP contribution in [0, 0.1) is 0 Å². The van der Waals surface area contributed by atoms with E-state index in [1.54, 1.807) is 0 Å². The van der Waals surface area contributed by atoms with E-state index < -0.39 is 0 Å². The van der Waals surface area contributed by atoms with Crippen LogP contribution in [-0.4, -0.2) is 37.3 Å². The van der Waals surface area contributed by atoms with Gasteiger partial charge in [-0.2, -0.15) is 10.1 Å². The van der Waals surface area contributed by atoms with Crippen LogP contribution in [0.3, 0.4) is 0 Å². The van der Waals surface area contributed by atoms with Crippen LogP contribution in [0.1, 0.15) is 21.6 Å². The standard InChI is InChI=1S/C22H18BrN5O2/c1-27-18-11-12-28(22(29)15-9-5-6-10-17(15)23)13-16(18)19(25-27)21-24-20(26-30-21)14-7-3-2-4-8-14/h2-10H,11-13H2,1H3. The Labute approximate surface area is 181 Å². The zero-order valence-electron chi connectivity index (χ0n) is 16.2. The van der Waals surface area contributed by atoms with Crippen molar-refractivity contribution in [1.29, 1.82) is 0 Å². The van der Waals surface area contributed by atoms with Gasteiger partial charge in [-0.3, -0.25) is 9.48 Å². The van der Waals surface area contributed by atoms with Crippen LogP contribution in [0.2, 0.25) is 0 Å². The average molecular weight is 464 g/mol. The Balaban J connectivity index is 1.48. The van der Waals surface area contributed by atoms with Gasteiger partial charge in [0.1, 0.15) is 0 Å². The number of carbonyl (C=O) groups excluding carboxylic acids is 1. The Bertz CT molecular complexity index is 1230. The second-order valence-electron chi connectivity index (χ2n) is 7.14. The molecule has 2 aromatic carbocycles. The minimum Gasteiger partial charge on any atom is -0.334 e. The SMILES string of the molecule is Cn1nc(-c2nc(-c3ccccc3)no2)c2c1CCN(C(=O)c1ccccc1Br)C2. The molecule has 1 aliphatic heterocycles. The lowest BCUT2D eigenvalue weighted by molar-refractivity contribution is 0.0732. The fourth-order valence-corrected chi connectivity index (χ4v) is 4.22. The van der Waals surface area contributed by atoms with E-state index in [4.69, 9.17) is 4.52 Å². The molecule has 3 heterocycles. The van der Waals surface area contributed by atoms with Gasteiger partial charge < -0.3 is 9.42 Å². The summed E-state index contributed by atoms with van der Waals surface area (Å²) < 4.78 is 8.17. The van der Waals surface area contributed by atoms with E-state index in [0.29, 0.717) is 42.5 Å². The van der Waals surface area contributed by atoms with E-state index in [-0.39, 0.29) is 5.91 Å². The Morgan fingerprint density at radius 1 is 1.10 bits per heavy atom. The highest BCUT2D eigenvalue weighted by molar-refractivity contribution is 9.10. The van der Waals surface area contributed by atoms with Crippen LogP contribution in [0.5, 0.6) is 0 Å². The van der Waals surface area contributed by atoms with Crippen molar-refractivity contribution in [3.63, 3.8) is 0 Å². The quantitative estimate of drug-likeness (QED) is 0.457. The van der Waals surface area contributed by atoms with Gasteiger partial charge in [0.2, 0.25) is 5.82 Å². The Morgan fingerprint density at radius 2 is 1.87 bits per heavy atom. The highest BCUT2D eigenvalue weighted by Crippen LogP contribution is 2.31. The molecule has 8 heteroatoms. The van der Waals surface area contributed by atoms with Gasteiger partial charge >= 0.3 is 0 Å².